The van der Waals surface area contributed by atoms with E-state index >= 15 is 0 Å². The fourth-order valence-electron chi connectivity index (χ4n) is 3.29. The summed E-state index contributed by atoms with van der Waals surface area (Å²) < 4.78 is 27.0. The quantitative estimate of drug-likeness (QED) is 0.736. The summed E-state index contributed by atoms with van der Waals surface area (Å²) in [6.07, 6.45) is 0. The van der Waals surface area contributed by atoms with Crippen molar-refractivity contribution in [3.63, 3.8) is 0 Å². The largest absolute Gasteiger partial charge is 0.368 e. The molecule has 0 radical (unpaired) electrons. The van der Waals surface area contributed by atoms with Gasteiger partial charge < -0.3 is 15.1 Å². The van der Waals surface area contributed by atoms with Crippen LogP contribution in [0.1, 0.15) is 5.69 Å². The number of aromatic nitrogens is 2. The molecule has 0 amide bonds. The van der Waals surface area contributed by atoms with E-state index in [1.54, 1.807) is 6.07 Å². The molecule has 1 aromatic heterocycles. The van der Waals surface area contributed by atoms with Crippen LogP contribution in [0.3, 0.4) is 0 Å². The molecule has 4 rings (SSSR count). The van der Waals surface area contributed by atoms with Crippen molar-refractivity contribution in [1.29, 1.82) is 0 Å². The van der Waals surface area contributed by atoms with Gasteiger partial charge in [0, 0.05) is 49.7 Å². The van der Waals surface area contributed by atoms with Crippen molar-refractivity contribution in [2.45, 2.75) is 6.92 Å². The molecule has 0 saturated carbocycles. The van der Waals surface area contributed by atoms with E-state index < -0.39 is 11.6 Å². The van der Waals surface area contributed by atoms with Gasteiger partial charge in [-0.15, -0.1) is 0 Å². The number of nitrogens with one attached hydrogen (secondary N) is 1. The normalized spacial score (nSPS) is 14.2. The lowest BCUT2D eigenvalue weighted by atomic mass is 10.2. The predicted octanol–water partition coefficient (Wildman–Crippen LogP) is 4.13. The van der Waals surface area contributed by atoms with Crippen LogP contribution < -0.4 is 15.1 Å². The van der Waals surface area contributed by atoms with E-state index in [2.05, 4.69) is 37.2 Å². The third kappa shape index (κ3) is 4.03. The number of aryl methyl sites for hydroxylation is 1. The van der Waals surface area contributed by atoms with Crippen LogP contribution in [0, 0.1) is 18.6 Å². The molecule has 7 heteroatoms. The lowest BCUT2D eigenvalue weighted by Crippen LogP contribution is -2.47. The van der Waals surface area contributed by atoms with Crippen LogP contribution in [0.5, 0.6) is 0 Å². The second-order valence-electron chi connectivity index (χ2n) is 6.75. The number of para-hydroxylation sites is 1. The van der Waals surface area contributed by atoms with Crippen LogP contribution in [0.15, 0.2) is 54.6 Å². The van der Waals surface area contributed by atoms with Crippen molar-refractivity contribution in [1.82, 2.24) is 9.97 Å². The zero-order valence-corrected chi connectivity index (χ0v) is 15.6. The minimum atomic E-state index is -0.658. The number of hydrogen-bond acceptors (Lipinski definition) is 5. The number of benzene rings is 2. The zero-order chi connectivity index (χ0) is 19.5. The van der Waals surface area contributed by atoms with Crippen molar-refractivity contribution in [3.05, 3.63) is 71.9 Å². The summed E-state index contributed by atoms with van der Waals surface area (Å²) in [5.74, 6) is -0.176. The van der Waals surface area contributed by atoms with E-state index in [1.165, 1.54) is 17.8 Å². The molecule has 1 fully saturated rings. The minimum Gasteiger partial charge on any atom is -0.368 e. The maximum absolute atomic E-state index is 13.9. The van der Waals surface area contributed by atoms with Crippen molar-refractivity contribution in [3.8, 4) is 0 Å². The second-order valence-corrected chi connectivity index (χ2v) is 6.75. The highest BCUT2D eigenvalue weighted by Crippen LogP contribution is 2.23. The Morgan fingerprint density at radius 3 is 2.29 bits per heavy atom. The van der Waals surface area contributed by atoms with Gasteiger partial charge in [-0.2, -0.15) is 4.98 Å². The van der Waals surface area contributed by atoms with Crippen LogP contribution in [0.25, 0.3) is 0 Å². The molecule has 1 N–H and O–H groups in total. The predicted molar refractivity (Wildman–Crippen MR) is 107 cm³/mol. The van der Waals surface area contributed by atoms with Crippen LogP contribution in [-0.2, 0) is 0 Å². The summed E-state index contributed by atoms with van der Waals surface area (Å²) in [6.45, 7) is 5.20. The summed E-state index contributed by atoms with van der Waals surface area (Å²) in [4.78, 5) is 13.5. The third-order valence-corrected chi connectivity index (χ3v) is 4.72. The first-order chi connectivity index (χ1) is 13.6. The Morgan fingerprint density at radius 2 is 1.57 bits per heavy atom. The first kappa shape index (κ1) is 18.2. The summed E-state index contributed by atoms with van der Waals surface area (Å²) in [5.41, 5.74) is 2.17. The molecule has 2 aromatic carbocycles. The molecule has 0 spiro atoms. The van der Waals surface area contributed by atoms with Gasteiger partial charge in [-0.3, -0.25) is 0 Å². The first-order valence-corrected chi connectivity index (χ1v) is 9.21. The molecule has 0 unspecified atom stereocenters. The van der Waals surface area contributed by atoms with Crippen molar-refractivity contribution >= 4 is 23.1 Å². The highest BCUT2D eigenvalue weighted by molar-refractivity contribution is 5.58. The van der Waals surface area contributed by atoms with Gasteiger partial charge in [0.05, 0.1) is 5.69 Å². The Morgan fingerprint density at radius 1 is 0.857 bits per heavy atom. The first-order valence-electron chi connectivity index (χ1n) is 9.21. The van der Waals surface area contributed by atoms with Crippen LogP contribution in [0.2, 0.25) is 0 Å². The van der Waals surface area contributed by atoms with Crippen LogP contribution >= 0.6 is 0 Å². The number of halogens is 2. The summed E-state index contributed by atoms with van der Waals surface area (Å²) >= 11 is 0. The lowest BCUT2D eigenvalue weighted by molar-refractivity contribution is 0.586. The number of anilines is 4. The summed E-state index contributed by atoms with van der Waals surface area (Å²) in [5, 5.41) is 2.92. The molecule has 0 bridgehead atoms. The molecule has 1 saturated heterocycles. The van der Waals surface area contributed by atoms with Crippen molar-refractivity contribution in [2.24, 2.45) is 0 Å². The van der Waals surface area contributed by atoms with E-state index in [-0.39, 0.29) is 5.69 Å². The molecule has 144 valence electrons. The van der Waals surface area contributed by atoms with Crippen molar-refractivity contribution < 1.29 is 8.78 Å². The average molecular weight is 381 g/mol. The molecular weight excluding hydrogens is 360 g/mol. The highest BCUT2D eigenvalue weighted by Gasteiger charge is 2.20. The van der Waals surface area contributed by atoms with E-state index in [1.807, 2.05) is 25.1 Å². The van der Waals surface area contributed by atoms with Crippen LogP contribution in [-0.4, -0.2) is 36.1 Å². The fraction of sp³-hybridized carbons (Fsp3) is 0.238. The van der Waals surface area contributed by atoms with Gasteiger partial charge in [-0.1, -0.05) is 18.2 Å². The van der Waals surface area contributed by atoms with E-state index in [9.17, 15) is 8.78 Å². The fourth-order valence-corrected chi connectivity index (χ4v) is 3.29. The highest BCUT2D eigenvalue weighted by atomic mass is 19.1. The number of rotatable bonds is 4. The van der Waals surface area contributed by atoms with Crippen LogP contribution in [0.4, 0.5) is 31.9 Å². The smallest absolute Gasteiger partial charge is 0.227 e. The molecular formula is C21H21F2N5. The Kier molecular flexibility index (Phi) is 5.06. The van der Waals surface area contributed by atoms with E-state index in [0.717, 1.165) is 37.9 Å². The summed E-state index contributed by atoms with van der Waals surface area (Å²) in [7, 11) is 0. The average Bonchev–Trinajstić information content (AvgIpc) is 2.70. The van der Waals surface area contributed by atoms with Crippen molar-refractivity contribution in [2.75, 3.05) is 41.3 Å². The molecule has 3 aromatic rings. The molecule has 1 aliphatic heterocycles. The molecule has 5 nitrogen and oxygen atoms in total. The molecule has 0 aliphatic carbocycles. The van der Waals surface area contributed by atoms with Gasteiger partial charge in [0.2, 0.25) is 5.95 Å². The van der Waals surface area contributed by atoms with Gasteiger partial charge in [0.15, 0.2) is 0 Å². The maximum atomic E-state index is 13.9. The van der Waals surface area contributed by atoms with Gasteiger partial charge in [0.25, 0.3) is 0 Å². The van der Waals surface area contributed by atoms with E-state index in [4.69, 9.17) is 0 Å². The van der Waals surface area contributed by atoms with Gasteiger partial charge in [-0.05, 0) is 31.2 Å². The number of nitrogens with zero attached hydrogens (tertiary/aromatic N) is 4. The number of piperazine rings is 1. The van der Waals surface area contributed by atoms with Gasteiger partial charge in [-0.25, -0.2) is 13.8 Å². The lowest BCUT2D eigenvalue weighted by Gasteiger charge is -2.36. The molecule has 0 atom stereocenters. The van der Waals surface area contributed by atoms with E-state index in [0.29, 0.717) is 11.8 Å². The Hall–Kier alpha value is -3.22. The minimum absolute atomic E-state index is 0.180. The summed E-state index contributed by atoms with van der Waals surface area (Å²) in [6, 6.07) is 15.5. The SMILES string of the molecule is Cc1cc(Nc2ccc(F)cc2F)nc(N2CCN(c3ccccc3)CC2)n1. The zero-order valence-electron chi connectivity index (χ0n) is 15.6. The second kappa shape index (κ2) is 7.80. The standard InChI is InChI=1S/C21H21F2N5/c1-15-13-20(25-19-8-7-16(22)14-18(19)23)26-21(24-15)28-11-9-27(10-12-28)17-5-3-2-4-6-17/h2-8,13-14H,9-12H2,1H3,(H,24,25,26). The van der Waals surface area contributed by atoms with Gasteiger partial charge in [0.1, 0.15) is 17.5 Å². The topological polar surface area (TPSA) is 44.3 Å². The van der Waals surface area contributed by atoms with Gasteiger partial charge >= 0.3 is 0 Å². The molecule has 1 aliphatic rings. The molecule has 2 heterocycles. The Bertz CT molecular complexity index is 956. The molecule has 28 heavy (non-hydrogen) atoms. The number of hydrogen-bond donors (Lipinski definition) is 1. The Labute approximate surface area is 162 Å². The third-order valence-electron chi connectivity index (χ3n) is 4.72. The monoisotopic (exact) mass is 381 g/mol. The Balaban J connectivity index is 1.48. The maximum Gasteiger partial charge on any atom is 0.227 e.